The molecule has 35 heavy (non-hydrogen) atoms. The van der Waals surface area contributed by atoms with Crippen LogP contribution in [0.4, 0.5) is 30.4 Å². The van der Waals surface area contributed by atoms with E-state index in [1.165, 1.54) is 6.07 Å². The van der Waals surface area contributed by atoms with E-state index < -0.39 is 29.1 Å². The second kappa shape index (κ2) is 9.10. The van der Waals surface area contributed by atoms with E-state index >= 15 is 8.78 Å². The lowest BCUT2D eigenvalue weighted by Crippen LogP contribution is -2.44. The SMILES string of the molecule is Cc1cc2c(F)c(Oc3ncnc(Nc4ccc(N5CCN(C)CC5)cc4)c3F)cc(F)c2n1C. The first kappa shape index (κ1) is 23.0. The van der Waals surface area contributed by atoms with Crippen LogP contribution in [0, 0.1) is 24.4 Å². The van der Waals surface area contributed by atoms with E-state index in [9.17, 15) is 4.39 Å². The van der Waals surface area contributed by atoms with Crippen molar-refractivity contribution < 1.29 is 17.9 Å². The molecule has 0 amide bonds. The van der Waals surface area contributed by atoms with Gasteiger partial charge in [0, 0.05) is 61.7 Å². The zero-order valence-corrected chi connectivity index (χ0v) is 19.6. The summed E-state index contributed by atoms with van der Waals surface area (Å²) in [4.78, 5) is 12.3. The second-order valence-corrected chi connectivity index (χ2v) is 8.68. The lowest BCUT2D eigenvalue weighted by Gasteiger charge is -2.34. The molecule has 182 valence electrons. The van der Waals surface area contributed by atoms with Crippen molar-refractivity contribution in [1.29, 1.82) is 0 Å². The summed E-state index contributed by atoms with van der Waals surface area (Å²) >= 11 is 0. The van der Waals surface area contributed by atoms with Crippen LogP contribution in [0.3, 0.4) is 0 Å². The minimum atomic E-state index is -0.917. The van der Waals surface area contributed by atoms with Gasteiger partial charge in [-0.1, -0.05) is 0 Å². The highest BCUT2D eigenvalue weighted by atomic mass is 19.1. The van der Waals surface area contributed by atoms with Gasteiger partial charge in [0.25, 0.3) is 5.88 Å². The summed E-state index contributed by atoms with van der Waals surface area (Å²) in [5.74, 6) is -3.50. The molecule has 0 saturated carbocycles. The van der Waals surface area contributed by atoms with Crippen LogP contribution < -0.4 is 15.0 Å². The summed E-state index contributed by atoms with van der Waals surface area (Å²) in [5.41, 5.74) is 2.48. The van der Waals surface area contributed by atoms with Crippen LogP contribution in [-0.4, -0.2) is 52.7 Å². The number of rotatable bonds is 5. The third-order valence-electron chi connectivity index (χ3n) is 6.37. The predicted molar refractivity (Wildman–Crippen MR) is 129 cm³/mol. The fraction of sp³-hybridized carbons (Fsp3) is 0.280. The third-order valence-corrected chi connectivity index (χ3v) is 6.37. The first-order valence-corrected chi connectivity index (χ1v) is 11.2. The van der Waals surface area contributed by atoms with E-state index in [1.54, 1.807) is 18.5 Å². The van der Waals surface area contributed by atoms with Crippen molar-refractivity contribution in [3.63, 3.8) is 0 Å². The van der Waals surface area contributed by atoms with E-state index in [4.69, 9.17) is 4.74 Å². The molecule has 2 aromatic heterocycles. The van der Waals surface area contributed by atoms with Gasteiger partial charge in [-0.25, -0.2) is 13.8 Å². The highest BCUT2D eigenvalue weighted by Gasteiger charge is 2.21. The van der Waals surface area contributed by atoms with Gasteiger partial charge in [0.05, 0.1) is 5.52 Å². The van der Waals surface area contributed by atoms with E-state index in [0.717, 1.165) is 44.3 Å². The number of likely N-dealkylation sites (N-methyl/N-ethyl adjacent to an activating group) is 1. The van der Waals surface area contributed by atoms with Gasteiger partial charge < -0.3 is 24.4 Å². The number of piperazine rings is 1. The molecule has 0 spiro atoms. The molecular weight excluding hydrogens is 457 g/mol. The Labute approximate surface area is 200 Å². The number of ether oxygens (including phenoxy) is 1. The minimum Gasteiger partial charge on any atom is -0.433 e. The summed E-state index contributed by atoms with van der Waals surface area (Å²) in [5, 5.41) is 2.95. The molecule has 1 saturated heterocycles. The number of nitrogens with one attached hydrogen (secondary N) is 1. The monoisotopic (exact) mass is 482 g/mol. The molecule has 1 aliphatic heterocycles. The highest BCUT2D eigenvalue weighted by Crippen LogP contribution is 2.35. The van der Waals surface area contributed by atoms with Gasteiger partial charge in [-0.15, -0.1) is 0 Å². The maximum Gasteiger partial charge on any atom is 0.261 e. The Hall–Kier alpha value is -3.79. The maximum absolute atomic E-state index is 15.1. The van der Waals surface area contributed by atoms with Gasteiger partial charge in [0.1, 0.15) is 6.33 Å². The summed E-state index contributed by atoms with van der Waals surface area (Å²) in [6.07, 6.45) is 1.10. The van der Waals surface area contributed by atoms with E-state index in [2.05, 4.69) is 32.1 Å². The Morgan fingerprint density at radius 1 is 0.914 bits per heavy atom. The van der Waals surface area contributed by atoms with Crippen LogP contribution in [0.15, 0.2) is 42.7 Å². The summed E-state index contributed by atoms with van der Waals surface area (Å²) in [6.45, 7) is 5.61. The largest absolute Gasteiger partial charge is 0.433 e. The lowest BCUT2D eigenvalue weighted by atomic mass is 10.2. The van der Waals surface area contributed by atoms with Crippen LogP contribution in [0.2, 0.25) is 0 Å². The fourth-order valence-corrected chi connectivity index (χ4v) is 4.21. The number of anilines is 3. The molecule has 7 nitrogen and oxygen atoms in total. The van der Waals surface area contributed by atoms with E-state index in [0.29, 0.717) is 11.4 Å². The molecule has 1 fully saturated rings. The normalized spacial score (nSPS) is 14.5. The van der Waals surface area contributed by atoms with Gasteiger partial charge in [-0.05, 0) is 44.3 Å². The number of halogens is 3. The number of hydrogen-bond donors (Lipinski definition) is 1. The molecular formula is C25H25F3N6O. The molecule has 3 heterocycles. The zero-order valence-electron chi connectivity index (χ0n) is 19.6. The average Bonchev–Trinajstić information content (AvgIpc) is 3.16. The zero-order chi connectivity index (χ0) is 24.7. The molecule has 4 aromatic rings. The van der Waals surface area contributed by atoms with E-state index in [-0.39, 0.29) is 16.7 Å². The van der Waals surface area contributed by atoms with Crippen LogP contribution in [-0.2, 0) is 7.05 Å². The number of fused-ring (bicyclic) bond motifs is 1. The van der Waals surface area contributed by atoms with Crippen LogP contribution in [0.25, 0.3) is 10.9 Å². The lowest BCUT2D eigenvalue weighted by molar-refractivity contribution is 0.313. The van der Waals surface area contributed by atoms with E-state index in [1.807, 2.05) is 24.3 Å². The van der Waals surface area contributed by atoms with Gasteiger partial charge >= 0.3 is 0 Å². The van der Waals surface area contributed by atoms with Crippen LogP contribution >= 0.6 is 0 Å². The maximum atomic E-state index is 15.1. The molecule has 1 N–H and O–H groups in total. The topological polar surface area (TPSA) is 58.5 Å². The molecule has 5 rings (SSSR count). The Balaban J connectivity index is 1.36. The molecule has 0 atom stereocenters. The third kappa shape index (κ3) is 4.37. The molecule has 0 bridgehead atoms. The first-order valence-electron chi connectivity index (χ1n) is 11.2. The van der Waals surface area contributed by atoms with Gasteiger partial charge in [0.2, 0.25) is 5.82 Å². The number of nitrogens with zero attached hydrogens (tertiary/aromatic N) is 5. The molecule has 2 aromatic carbocycles. The average molecular weight is 483 g/mol. The number of hydrogen-bond acceptors (Lipinski definition) is 6. The standard InChI is InChI=1S/C25H25F3N6O/c1-15-12-18-21(27)20(13-19(26)23(18)33(15)3)35-25-22(28)24(29-14-30-25)31-16-4-6-17(7-5-16)34-10-8-32(2)9-11-34/h4-7,12-14H,8-11H2,1-3H3,(H,29,30,31). The fourth-order valence-electron chi connectivity index (χ4n) is 4.21. The van der Waals surface area contributed by atoms with Crippen molar-refractivity contribution in [2.45, 2.75) is 6.92 Å². The van der Waals surface area contributed by atoms with Crippen LogP contribution in [0.1, 0.15) is 5.69 Å². The summed E-state index contributed by atoms with van der Waals surface area (Å²) < 4.78 is 51.7. The Kier molecular flexibility index (Phi) is 5.98. The first-order chi connectivity index (χ1) is 16.8. The van der Waals surface area contributed by atoms with Gasteiger partial charge in [0.15, 0.2) is 23.2 Å². The van der Waals surface area contributed by atoms with Crippen molar-refractivity contribution in [2.75, 3.05) is 43.4 Å². The van der Waals surface area contributed by atoms with Crippen molar-refractivity contribution in [2.24, 2.45) is 7.05 Å². The van der Waals surface area contributed by atoms with Crippen molar-refractivity contribution in [3.8, 4) is 11.6 Å². The van der Waals surface area contributed by atoms with Crippen molar-refractivity contribution in [1.82, 2.24) is 19.4 Å². The minimum absolute atomic E-state index is 0.0493. The molecule has 1 aliphatic rings. The molecule has 0 aliphatic carbocycles. The second-order valence-electron chi connectivity index (χ2n) is 8.68. The van der Waals surface area contributed by atoms with Crippen molar-refractivity contribution >= 4 is 28.1 Å². The number of benzene rings is 2. The highest BCUT2D eigenvalue weighted by molar-refractivity contribution is 5.84. The molecule has 0 radical (unpaired) electrons. The molecule has 10 heteroatoms. The van der Waals surface area contributed by atoms with Gasteiger partial charge in [-0.3, -0.25) is 0 Å². The van der Waals surface area contributed by atoms with Crippen LogP contribution in [0.5, 0.6) is 11.6 Å². The van der Waals surface area contributed by atoms with Gasteiger partial charge in [-0.2, -0.15) is 9.37 Å². The number of aryl methyl sites for hydroxylation is 2. The van der Waals surface area contributed by atoms with Crippen molar-refractivity contribution in [3.05, 3.63) is 65.9 Å². The Bertz CT molecular complexity index is 1380. The quantitative estimate of drug-likeness (QED) is 0.433. The Morgan fingerprint density at radius 3 is 2.34 bits per heavy atom. The number of aromatic nitrogens is 3. The summed E-state index contributed by atoms with van der Waals surface area (Å²) in [7, 11) is 3.74. The predicted octanol–water partition coefficient (Wildman–Crippen LogP) is 4.98. The smallest absolute Gasteiger partial charge is 0.261 e. The molecule has 0 unspecified atom stereocenters. The summed E-state index contributed by atoms with van der Waals surface area (Å²) in [6, 6.07) is 9.98. The Morgan fingerprint density at radius 2 is 1.63 bits per heavy atom.